The number of anilines is 1. The van der Waals surface area contributed by atoms with Crippen LogP contribution >= 0.6 is 11.3 Å². The molecule has 7 heteroatoms. The highest BCUT2D eigenvalue weighted by atomic mass is 32.1. The van der Waals surface area contributed by atoms with E-state index in [9.17, 15) is 4.79 Å². The van der Waals surface area contributed by atoms with Crippen LogP contribution in [0.2, 0.25) is 0 Å². The SMILES string of the molecule is COc1cc2ccccc2cc1C(=O)N(CCN1CCOCC1)c1nc2c(C)cccc2s1. The van der Waals surface area contributed by atoms with Gasteiger partial charge in [0.1, 0.15) is 5.75 Å². The number of para-hydroxylation sites is 1. The molecule has 33 heavy (non-hydrogen) atoms. The molecule has 170 valence electrons. The van der Waals surface area contributed by atoms with Gasteiger partial charge in [-0.25, -0.2) is 4.98 Å². The third-order valence-electron chi connectivity index (χ3n) is 6.13. The van der Waals surface area contributed by atoms with Crippen molar-refractivity contribution in [2.75, 3.05) is 51.4 Å². The van der Waals surface area contributed by atoms with Gasteiger partial charge in [0.05, 0.1) is 36.1 Å². The third kappa shape index (κ3) is 4.44. The molecule has 1 fully saturated rings. The fourth-order valence-corrected chi connectivity index (χ4v) is 5.31. The van der Waals surface area contributed by atoms with Gasteiger partial charge in [-0.3, -0.25) is 14.6 Å². The molecule has 0 saturated carbocycles. The Morgan fingerprint density at radius 2 is 1.88 bits per heavy atom. The monoisotopic (exact) mass is 461 g/mol. The summed E-state index contributed by atoms with van der Waals surface area (Å²) in [6.07, 6.45) is 0. The molecule has 2 heterocycles. The van der Waals surface area contributed by atoms with Gasteiger partial charge in [0.2, 0.25) is 0 Å². The number of nitrogens with zero attached hydrogens (tertiary/aromatic N) is 3. The largest absolute Gasteiger partial charge is 0.496 e. The molecule has 0 bridgehead atoms. The van der Waals surface area contributed by atoms with E-state index in [1.807, 2.05) is 47.4 Å². The standard InChI is InChI=1S/C26H27N3O3S/c1-18-6-5-9-23-24(18)27-26(33-23)29(11-10-28-12-14-32-15-13-28)25(30)21-16-19-7-3-4-8-20(19)17-22(21)31-2/h3-9,16-17H,10-15H2,1-2H3. The van der Waals surface area contributed by atoms with E-state index in [1.165, 1.54) is 0 Å². The number of hydrogen-bond acceptors (Lipinski definition) is 6. The van der Waals surface area contributed by atoms with Crippen LogP contribution < -0.4 is 9.64 Å². The normalized spacial score (nSPS) is 14.6. The fourth-order valence-electron chi connectivity index (χ4n) is 4.24. The van der Waals surface area contributed by atoms with Gasteiger partial charge in [0.25, 0.3) is 5.91 Å². The number of carbonyl (C=O) groups excluding carboxylic acids is 1. The molecule has 1 aliphatic heterocycles. The molecular weight excluding hydrogens is 434 g/mol. The molecule has 0 N–H and O–H groups in total. The molecular formula is C26H27N3O3S. The zero-order chi connectivity index (χ0) is 22.8. The maximum Gasteiger partial charge on any atom is 0.263 e. The average Bonchev–Trinajstić information content (AvgIpc) is 3.29. The van der Waals surface area contributed by atoms with Gasteiger partial charge < -0.3 is 9.47 Å². The Labute approximate surface area is 197 Å². The van der Waals surface area contributed by atoms with Gasteiger partial charge in [0.15, 0.2) is 5.13 Å². The molecule has 6 nitrogen and oxygen atoms in total. The first kappa shape index (κ1) is 21.8. The van der Waals surface area contributed by atoms with Crippen molar-refractivity contribution in [3.63, 3.8) is 0 Å². The van der Waals surface area contributed by atoms with Crippen molar-refractivity contribution in [1.82, 2.24) is 9.88 Å². The predicted octanol–water partition coefficient (Wildman–Crippen LogP) is 4.75. The van der Waals surface area contributed by atoms with E-state index in [1.54, 1.807) is 18.4 Å². The van der Waals surface area contributed by atoms with Crippen molar-refractivity contribution >= 4 is 43.4 Å². The Morgan fingerprint density at radius 3 is 2.61 bits per heavy atom. The zero-order valence-electron chi connectivity index (χ0n) is 18.9. The van der Waals surface area contributed by atoms with Crippen molar-refractivity contribution in [1.29, 1.82) is 0 Å². The quantitative estimate of drug-likeness (QED) is 0.415. The lowest BCUT2D eigenvalue weighted by molar-refractivity contribution is 0.0391. The summed E-state index contributed by atoms with van der Waals surface area (Å²) in [6, 6.07) is 18.0. The van der Waals surface area contributed by atoms with Gasteiger partial charge in [0, 0.05) is 26.2 Å². The number of ether oxygens (including phenoxy) is 2. The van der Waals surface area contributed by atoms with E-state index in [-0.39, 0.29) is 5.91 Å². The van der Waals surface area contributed by atoms with Crippen LogP contribution in [0.3, 0.4) is 0 Å². The number of aromatic nitrogens is 1. The number of aryl methyl sites for hydroxylation is 1. The number of amides is 1. The first-order valence-corrected chi connectivity index (χ1v) is 12.0. The molecule has 0 unspecified atom stereocenters. The summed E-state index contributed by atoms with van der Waals surface area (Å²) in [5.74, 6) is 0.481. The molecule has 0 aliphatic carbocycles. The van der Waals surface area contributed by atoms with Crippen molar-refractivity contribution in [2.45, 2.75) is 6.92 Å². The molecule has 1 saturated heterocycles. The first-order valence-electron chi connectivity index (χ1n) is 11.2. The van der Waals surface area contributed by atoms with Crippen LogP contribution in [0.5, 0.6) is 5.75 Å². The smallest absolute Gasteiger partial charge is 0.263 e. The van der Waals surface area contributed by atoms with Gasteiger partial charge in [-0.05, 0) is 41.5 Å². The summed E-state index contributed by atoms with van der Waals surface area (Å²) < 4.78 is 12.2. The lowest BCUT2D eigenvalue weighted by Crippen LogP contribution is -2.43. The Morgan fingerprint density at radius 1 is 1.12 bits per heavy atom. The highest BCUT2D eigenvalue weighted by molar-refractivity contribution is 7.22. The summed E-state index contributed by atoms with van der Waals surface area (Å²) >= 11 is 1.56. The van der Waals surface area contributed by atoms with Crippen LogP contribution in [0, 0.1) is 6.92 Å². The lowest BCUT2D eigenvalue weighted by Gasteiger charge is -2.29. The number of morpholine rings is 1. The molecule has 1 amide bonds. The fraction of sp³-hybridized carbons (Fsp3) is 0.308. The minimum atomic E-state index is -0.0948. The summed E-state index contributed by atoms with van der Waals surface area (Å²) in [5, 5.41) is 2.77. The minimum Gasteiger partial charge on any atom is -0.496 e. The van der Waals surface area contributed by atoms with Crippen LogP contribution in [0.15, 0.2) is 54.6 Å². The second-order valence-electron chi connectivity index (χ2n) is 8.23. The predicted molar refractivity (Wildman–Crippen MR) is 134 cm³/mol. The number of benzene rings is 3. The summed E-state index contributed by atoms with van der Waals surface area (Å²) in [6.45, 7) is 6.58. The van der Waals surface area contributed by atoms with Gasteiger partial charge in [-0.15, -0.1) is 0 Å². The molecule has 0 radical (unpaired) electrons. The molecule has 4 aromatic rings. The summed E-state index contributed by atoms with van der Waals surface area (Å²) in [7, 11) is 1.61. The highest BCUT2D eigenvalue weighted by Gasteiger charge is 2.26. The van der Waals surface area contributed by atoms with Crippen molar-refractivity contribution in [3.8, 4) is 5.75 Å². The molecule has 3 aromatic carbocycles. The molecule has 0 atom stereocenters. The van der Waals surface area contributed by atoms with Crippen LogP contribution in [-0.2, 0) is 4.74 Å². The Bertz CT molecular complexity index is 1300. The van der Waals surface area contributed by atoms with E-state index in [0.29, 0.717) is 23.0 Å². The van der Waals surface area contributed by atoms with Crippen molar-refractivity contribution < 1.29 is 14.3 Å². The van der Waals surface area contributed by atoms with Crippen LogP contribution in [0.1, 0.15) is 15.9 Å². The van der Waals surface area contributed by atoms with Crippen molar-refractivity contribution in [3.05, 3.63) is 65.7 Å². The zero-order valence-corrected chi connectivity index (χ0v) is 19.7. The highest BCUT2D eigenvalue weighted by Crippen LogP contribution is 2.33. The average molecular weight is 462 g/mol. The number of methoxy groups -OCH3 is 1. The van der Waals surface area contributed by atoms with E-state index >= 15 is 0 Å². The second-order valence-corrected chi connectivity index (χ2v) is 9.24. The number of rotatable bonds is 6. The summed E-state index contributed by atoms with van der Waals surface area (Å²) in [5.41, 5.74) is 2.61. The second kappa shape index (κ2) is 9.47. The van der Waals surface area contributed by atoms with E-state index < -0.39 is 0 Å². The number of thiazole rings is 1. The van der Waals surface area contributed by atoms with E-state index in [4.69, 9.17) is 14.5 Å². The van der Waals surface area contributed by atoms with E-state index in [2.05, 4.69) is 24.0 Å². The van der Waals surface area contributed by atoms with Gasteiger partial charge in [-0.1, -0.05) is 47.7 Å². The molecule has 0 spiro atoms. The summed E-state index contributed by atoms with van der Waals surface area (Å²) in [4.78, 5) is 23.0. The Balaban J connectivity index is 1.54. The van der Waals surface area contributed by atoms with Gasteiger partial charge in [-0.2, -0.15) is 0 Å². The van der Waals surface area contributed by atoms with Crippen molar-refractivity contribution in [2.24, 2.45) is 0 Å². The Hall–Kier alpha value is -3.00. The number of fused-ring (bicyclic) bond motifs is 2. The maximum absolute atomic E-state index is 14.0. The third-order valence-corrected chi connectivity index (χ3v) is 7.17. The minimum absolute atomic E-state index is 0.0948. The van der Waals surface area contributed by atoms with Gasteiger partial charge >= 0.3 is 0 Å². The lowest BCUT2D eigenvalue weighted by atomic mass is 10.0. The van der Waals surface area contributed by atoms with Crippen LogP contribution in [0.4, 0.5) is 5.13 Å². The molecule has 1 aromatic heterocycles. The number of hydrogen-bond donors (Lipinski definition) is 0. The molecule has 1 aliphatic rings. The maximum atomic E-state index is 14.0. The van der Waals surface area contributed by atoms with Crippen LogP contribution in [-0.4, -0.2) is 62.3 Å². The van der Waals surface area contributed by atoms with E-state index in [0.717, 1.165) is 59.4 Å². The van der Waals surface area contributed by atoms with Crippen LogP contribution in [0.25, 0.3) is 21.0 Å². The Kier molecular flexibility index (Phi) is 6.26. The first-order chi connectivity index (χ1) is 16.1. The number of carbonyl (C=O) groups is 1. The topological polar surface area (TPSA) is 54.9 Å². The molecule has 5 rings (SSSR count).